The molecular weight excluding hydrogens is 821 g/mol. The SMILES string of the molecule is N#Cc1c(-c2cccc3sc4ccccc4c23)cc(-n2c3ccccc3c3ccccc32)cc1-n1c2ccccc2c2cc(-c3ccc4c(c3)c3ccccc3n4-c3ccccc3)ccc21. The Bertz CT molecular complexity index is 4310. The van der Waals surface area contributed by atoms with Gasteiger partial charge in [0.05, 0.1) is 44.4 Å². The Balaban J connectivity index is 1.04. The molecule has 4 heterocycles. The van der Waals surface area contributed by atoms with Crippen LogP contribution in [0.3, 0.4) is 0 Å². The van der Waals surface area contributed by atoms with Gasteiger partial charge in [-0.15, -0.1) is 11.3 Å². The third-order valence-electron chi connectivity index (χ3n) is 13.7. The normalized spacial score (nSPS) is 11.9. The molecule has 66 heavy (non-hydrogen) atoms. The van der Waals surface area contributed by atoms with Crippen molar-refractivity contribution in [2.75, 3.05) is 0 Å². The summed E-state index contributed by atoms with van der Waals surface area (Å²) in [6.07, 6.45) is 0. The van der Waals surface area contributed by atoms with Crippen molar-refractivity contribution in [2.24, 2.45) is 0 Å². The predicted molar refractivity (Wildman–Crippen MR) is 278 cm³/mol. The number of nitriles is 1. The number of aromatic nitrogens is 3. The van der Waals surface area contributed by atoms with Gasteiger partial charge in [-0.25, -0.2) is 0 Å². The first-order chi connectivity index (χ1) is 32.7. The Morgan fingerprint density at radius 2 is 0.803 bits per heavy atom. The molecule has 0 aliphatic heterocycles. The van der Waals surface area contributed by atoms with E-state index in [1.54, 1.807) is 11.3 Å². The Labute approximate surface area is 383 Å². The molecule has 0 amide bonds. The molecule has 0 saturated heterocycles. The van der Waals surface area contributed by atoms with E-state index in [0.29, 0.717) is 5.56 Å². The van der Waals surface area contributed by atoms with Crippen molar-refractivity contribution in [1.82, 2.24) is 13.7 Å². The topological polar surface area (TPSA) is 38.6 Å². The van der Waals surface area contributed by atoms with Crippen molar-refractivity contribution in [1.29, 1.82) is 5.26 Å². The van der Waals surface area contributed by atoms with Crippen LogP contribution < -0.4 is 0 Å². The van der Waals surface area contributed by atoms with Crippen LogP contribution in [0, 0.1) is 11.3 Å². The first-order valence-corrected chi connectivity index (χ1v) is 23.1. The second-order valence-corrected chi connectivity index (χ2v) is 18.2. The predicted octanol–water partition coefficient (Wildman–Crippen LogP) is 16.6. The molecule has 0 aliphatic rings. The van der Waals surface area contributed by atoms with Gasteiger partial charge in [-0.3, -0.25) is 0 Å². The molecule has 0 aliphatic carbocycles. The lowest BCUT2D eigenvalue weighted by molar-refractivity contribution is 1.13. The monoisotopic (exact) mass is 856 g/mol. The molecule has 10 aromatic carbocycles. The Hall–Kier alpha value is -8.69. The highest BCUT2D eigenvalue weighted by Crippen LogP contribution is 2.45. The van der Waals surface area contributed by atoms with E-state index < -0.39 is 0 Å². The van der Waals surface area contributed by atoms with E-state index in [1.807, 2.05) is 0 Å². The summed E-state index contributed by atoms with van der Waals surface area (Å²) in [5, 5.41) is 21.0. The number of para-hydroxylation sites is 5. The Kier molecular flexibility index (Phi) is 7.88. The van der Waals surface area contributed by atoms with Gasteiger partial charge >= 0.3 is 0 Å². The lowest BCUT2D eigenvalue weighted by atomic mass is 9.93. The third-order valence-corrected chi connectivity index (χ3v) is 14.8. The zero-order valence-corrected chi connectivity index (χ0v) is 36.3. The second kappa shape index (κ2) is 14.2. The minimum atomic E-state index is 0.634. The van der Waals surface area contributed by atoms with Gasteiger partial charge in [0, 0.05) is 69.4 Å². The van der Waals surface area contributed by atoms with Gasteiger partial charge < -0.3 is 13.7 Å². The van der Waals surface area contributed by atoms with Crippen LogP contribution in [0.4, 0.5) is 0 Å². The molecule has 0 spiro atoms. The van der Waals surface area contributed by atoms with Crippen LogP contribution in [-0.4, -0.2) is 13.7 Å². The standard InChI is InChI=1S/C61H36N4S/c62-37-51-48(46-22-14-28-60-61(46)47-21-8-13-27-59(47)66-60)35-41(64-52-23-9-4-17-42(52)43-18-5-10-24-53(43)64)36-58(51)65-55-26-12-7-20-45(55)50-34-39(30-32-57(50)65)38-29-31-56-49(33-38)44-19-6-11-25-54(44)63(56)40-15-2-1-3-16-40/h1-36H. The fourth-order valence-electron chi connectivity index (χ4n) is 10.9. The molecule has 0 saturated carbocycles. The van der Waals surface area contributed by atoms with Crippen molar-refractivity contribution in [3.8, 4) is 45.4 Å². The van der Waals surface area contributed by atoms with E-state index in [-0.39, 0.29) is 0 Å². The van der Waals surface area contributed by atoms with Crippen molar-refractivity contribution in [3.63, 3.8) is 0 Å². The van der Waals surface area contributed by atoms with Crippen LogP contribution in [-0.2, 0) is 0 Å². The number of hydrogen-bond acceptors (Lipinski definition) is 2. The highest BCUT2D eigenvalue weighted by atomic mass is 32.1. The molecule has 5 heteroatoms. The van der Waals surface area contributed by atoms with Crippen molar-refractivity contribution in [3.05, 3.63) is 224 Å². The van der Waals surface area contributed by atoms with Gasteiger partial charge in [0.1, 0.15) is 6.07 Å². The minimum absolute atomic E-state index is 0.634. The number of thiophene rings is 1. The minimum Gasteiger partial charge on any atom is -0.309 e. The largest absolute Gasteiger partial charge is 0.309 e. The van der Waals surface area contributed by atoms with Crippen LogP contribution in [0.2, 0.25) is 0 Å². The van der Waals surface area contributed by atoms with Gasteiger partial charge in [-0.1, -0.05) is 133 Å². The highest BCUT2D eigenvalue weighted by Gasteiger charge is 2.24. The van der Waals surface area contributed by atoms with Gasteiger partial charge in [0.2, 0.25) is 0 Å². The number of benzene rings is 10. The molecule has 0 fully saturated rings. The van der Waals surface area contributed by atoms with Crippen LogP contribution in [0.5, 0.6) is 0 Å². The maximum absolute atomic E-state index is 11.6. The first kappa shape index (κ1) is 36.8. The average Bonchev–Trinajstić information content (AvgIpc) is 4.12. The summed E-state index contributed by atoms with van der Waals surface area (Å²) in [5.41, 5.74) is 14.6. The van der Waals surface area contributed by atoms with Crippen LogP contribution in [0.25, 0.3) is 125 Å². The van der Waals surface area contributed by atoms with Crippen molar-refractivity contribution >= 4 is 96.9 Å². The van der Waals surface area contributed by atoms with Crippen molar-refractivity contribution in [2.45, 2.75) is 0 Å². The summed E-state index contributed by atoms with van der Waals surface area (Å²) in [6, 6.07) is 81.4. The van der Waals surface area contributed by atoms with E-state index in [0.717, 1.165) is 72.2 Å². The van der Waals surface area contributed by atoms with E-state index in [9.17, 15) is 5.26 Å². The fraction of sp³-hybridized carbons (Fsp3) is 0. The Morgan fingerprint density at radius 1 is 0.333 bits per heavy atom. The van der Waals surface area contributed by atoms with Crippen LogP contribution in [0.15, 0.2) is 218 Å². The lowest BCUT2D eigenvalue weighted by Crippen LogP contribution is -2.04. The summed E-state index contributed by atoms with van der Waals surface area (Å²) in [5.74, 6) is 0. The lowest BCUT2D eigenvalue weighted by Gasteiger charge is -2.18. The summed E-state index contributed by atoms with van der Waals surface area (Å²) < 4.78 is 9.50. The fourth-order valence-corrected chi connectivity index (χ4v) is 12.0. The summed E-state index contributed by atoms with van der Waals surface area (Å²) in [7, 11) is 0. The number of fused-ring (bicyclic) bond motifs is 12. The molecule has 0 unspecified atom stereocenters. The highest BCUT2D eigenvalue weighted by molar-refractivity contribution is 7.25. The maximum Gasteiger partial charge on any atom is 0.102 e. The molecule has 0 bridgehead atoms. The summed E-state index contributed by atoms with van der Waals surface area (Å²) >= 11 is 1.80. The average molecular weight is 857 g/mol. The van der Waals surface area contributed by atoms with E-state index >= 15 is 0 Å². The summed E-state index contributed by atoms with van der Waals surface area (Å²) in [4.78, 5) is 0. The molecule has 0 N–H and O–H groups in total. The third kappa shape index (κ3) is 5.25. The molecule has 4 aromatic heterocycles. The van der Waals surface area contributed by atoms with E-state index in [2.05, 4.69) is 238 Å². The quantitative estimate of drug-likeness (QED) is 0.170. The number of rotatable bonds is 5. The zero-order chi connectivity index (χ0) is 43.5. The van der Waals surface area contributed by atoms with E-state index in [1.165, 1.54) is 52.8 Å². The van der Waals surface area contributed by atoms with Gasteiger partial charge in [-0.2, -0.15) is 5.26 Å². The number of nitrogens with zero attached hydrogens (tertiary/aromatic N) is 4. The molecular formula is C61H36N4S. The molecule has 306 valence electrons. The van der Waals surface area contributed by atoms with Crippen molar-refractivity contribution < 1.29 is 0 Å². The first-order valence-electron chi connectivity index (χ1n) is 22.3. The molecule has 4 nitrogen and oxygen atoms in total. The molecule has 0 radical (unpaired) electrons. The molecule has 14 aromatic rings. The zero-order valence-electron chi connectivity index (χ0n) is 35.5. The second-order valence-electron chi connectivity index (χ2n) is 17.2. The molecule has 14 rings (SSSR count). The van der Waals surface area contributed by atoms with E-state index in [4.69, 9.17) is 0 Å². The number of hydrogen-bond donors (Lipinski definition) is 0. The Morgan fingerprint density at radius 3 is 1.41 bits per heavy atom. The van der Waals surface area contributed by atoms with Crippen LogP contribution >= 0.6 is 11.3 Å². The smallest absolute Gasteiger partial charge is 0.102 e. The van der Waals surface area contributed by atoms with Gasteiger partial charge in [0.25, 0.3) is 0 Å². The van der Waals surface area contributed by atoms with Crippen LogP contribution in [0.1, 0.15) is 5.56 Å². The maximum atomic E-state index is 11.6. The van der Waals surface area contributed by atoms with Gasteiger partial charge in [0.15, 0.2) is 0 Å². The summed E-state index contributed by atoms with van der Waals surface area (Å²) in [6.45, 7) is 0. The molecule has 0 atom stereocenters. The van der Waals surface area contributed by atoms with Gasteiger partial charge in [-0.05, 0) is 102 Å².